The predicted octanol–water partition coefficient (Wildman–Crippen LogP) is 4.42. The molecule has 1 aliphatic rings. The molecule has 20 heavy (non-hydrogen) atoms. The number of hydrogen-bond acceptors (Lipinski definition) is 2. The Labute approximate surface area is 123 Å². The maximum atomic E-state index is 12.4. The highest BCUT2D eigenvalue weighted by molar-refractivity contribution is 6.34. The lowest BCUT2D eigenvalue weighted by Gasteiger charge is -2.25. The molecule has 2 aromatic rings. The van der Waals surface area contributed by atoms with Gasteiger partial charge < -0.3 is 4.42 Å². The smallest absolute Gasteiger partial charge is 0.177 e. The van der Waals surface area contributed by atoms with Gasteiger partial charge in [0.15, 0.2) is 5.78 Å². The van der Waals surface area contributed by atoms with E-state index in [-0.39, 0.29) is 11.7 Å². The average Bonchev–Trinajstić information content (AvgIpc) is 2.99. The van der Waals surface area contributed by atoms with Crippen molar-refractivity contribution in [2.75, 3.05) is 0 Å². The first kappa shape index (κ1) is 13.2. The van der Waals surface area contributed by atoms with Gasteiger partial charge in [-0.15, -0.1) is 11.6 Å². The fourth-order valence-corrected chi connectivity index (χ4v) is 2.89. The van der Waals surface area contributed by atoms with Gasteiger partial charge in [-0.3, -0.25) is 4.79 Å². The molecule has 2 atom stereocenters. The molecular formula is C17H15ClO2. The van der Waals surface area contributed by atoms with Gasteiger partial charge >= 0.3 is 0 Å². The Morgan fingerprint density at radius 3 is 2.60 bits per heavy atom. The van der Waals surface area contributed by atoms with Crippen LogP contribution in [0.4, 0.5) is 0 Å². The molecule has 3 rings (SSSR count). The average molecular weight is 287 g/mol. The number of Topliss-reactive ketones (excluding diaryl/α,β-unsaturated/α-hetero) is 1. The van der Waals surface area contributed by atoms with Crippen LogP contribution < -0.4 is 0 Å². The molecule has 1 aromatic carbocycles. The molecule has 0 aliphatic heterocycles. The minimum Gasteiger partial charge on any atom is -0.469 e. The molecule has 0 N–H and O–H groups in total. The van der Waals surface area contributed by atoms with E-state index in [9.17, 15) is 4.79 Å². The van der Waals surface area contributed by atoms with Gasteiger partial charge in [0, 0.05) is 11.5 Å². The SMILES string of the molecule is O=C1C(=Cc2ccccc2)C(c2ccco2)CCC1Cl. The Morgan fingerprint density at radius 2 is 1.90 bits per heavy atom. The summed E-state index contributed by atoms with van der Waals surface area (Å²) in [4.78, 5) is 12.4. The highest BCUT2D eigenvalue weighted by Gasteiger charge is 2.34. The Balaban J connectivity index is 2.01. The van der Waals surface area contributed by atoms with Crippen molar-refractivity contribution in [3.05, 3.63) is 65.6 Å². The predicted molar refractivity (Wildman–Crippen MR) is 79.8 cm³/mol. The normalized spacial score (nSPS) is 25.1. The lowest BCUT2D eigenvalue weighted by Crippen LogP contribution is -2.27. The maximum absolute atomic E-state index is 12.4. The number of ketones is 1. The third-order valence-corrected chi connectivity index (χ3v) is 4.08. The number of rotatable bonds is 2. The molecular weight excluding hydrogens is 272 g/mol. The largest absolute Gasteiger partial charge is 0.469 e. The number of alkyl halides is 1. The third-order valence-electron chi connectivity index (χ3n) is 3.66. The molecule has 1 aromatic heterocycles. The summed E-state index contributed by atoms with van der Waals surface area (Å²) in [5, 5.41) is -0.420. The summed E-state index contributed by atoms with van der Waals surface area (Å²) < 4.78 is 5.49. The molecule has 102 valence electrons. The van der Waals surface area contributed by atoms with Crippen molar-refractivity contribution in [3.8, 4) is 0 Å². The zero-order valence-electron chi connectivity index (χ0n) is 11.0. The van der Waals surface area contributed by atoms with Crippen molar-refractivity contribution in [3.63, 3.8) is 0 Å². The number of carbonyl (C=O) groups is 1. The van der Waals surface area contributed by atoms with Crippen molar-refractivity contribution in [2.24, 2.45) is 0 Å². The number of furan rings is 1. The zero-order valence-corrected chi connectivity index (χ0v) is 11.7. The summed E-state index contributed by atoms with van der Waals surface area (Å²) in [6, 6.07) is 13.6. The van der Waals surface area contributed by atoms with Crippen LogP contribution in [0.2, 0.25) is 0 Å². The molecule has 1 fully saturated rings. The van der Waals surface area contributed by atoms with E-state index in [2.05, 4.69) is 0 Å². The summed E-state index contributed by atoms with van der Waals surface area (Å²) in [5.41, 5.74) is 1.76. The van der Waals surface area contributed by atoms with E-state index in [4.69, 9.17) is 16.0 Å². The number of allylic oxidation sites excluding steroid dienone is 1. The summed E-state index contributed by atoms with van der Waals surface area (Å²) in [6.45, 7) is 0. The topological polar surface area (TPSA) is 30.2 Å². The number of hydrogen-bond donors (Lipinski definition) is 0. The molecule has 3 heteroatoms. The fourth-order valence-electron chi connectivity index (χ4n) is 2.64. The lowest BCUT2D eigenvalue weighted by atomic mass is 9.80. The van der Waals surface area contributed by atoms with Crippen LogP contribution in [0.3, 0.4) is 0 Å². The van der Waals surface area contributed by atoms with Gasteiger partial charge in [0.25, 0.3) is 0 Å². The van der Waals surface area contributed by atoms with E-state index >= 15 is 0 Å². The summed E-state index contributed by atoms with van der Waals surface area (Å²) in [5.74, 6) is 0.861. The van der Waals surface area contributed by atoms with Gasteiger partial charge in [0.2, 0.25) is 0 Å². The van der Waals surface area contributed by atoms with E-state index in [1.807, 2.05) is 48.5 Å². The molecule has 1 heterocycles. The minimum atomic E-state index is -0.420. The van der Waals surface area contributed by atoms with Crippen molar-refractivity contribution < 1.29 is 9.21 Å². The first-order valence-corrected chi connectivity index (χ1v) is 7.17. The first-order valence-electron chi connectivity index (χ1n) is 6.74. The molecule has 0 spiro atoms. The monoisotopic (exact) mass is 286 g/mol. The van der Waals surface area contributed by atoms with Gasteiger partial charge in [0.05, 0.1) is 11.6 Å². The van der Waals surface area contributed by atoms with Gasteiger partial charge in [-0.25, -0.2) is 0 Å². The van der Waals surface area contributed by atoms with Gasteiger partial charge in [0.1, 0.15) is 5.76 Å². The second-order valence-corrected chi connectivity index (χ2v) is 5.51. The van der Waals surface area contributed by atoms with Crippen molar-refractivity contribution >= 4 is 23.5 Å². The quantitative estimate of drug-likeness (QED) is 0.604. The highest BCUT2D eigenvalue weighted by atomic mass is 35.5. The van der Waals surface area contributed by atoms with Crippen LogP contribution in [-0.2, 0) is 4.79 Å². The van der Waals surface area contributed by atoms with E-state index in [0.29, 0.717) is 6.42 Å². The standard InChI is InChI=1S/C17H15ClO2/c18-15-9-8-13(16-7-4-10-20-16)14(17(15)19)11-12-5-2-1-3-6-12/h1-7,10-11,13,15H,8-9H2. The minimum absolute atomic E-state index is 0.00714. The molecule has 2 unspecified atom stereocenters. The summed E-state index contributed by atoms with van der Waals surface area (Å²) in [6.07, 6.45) is 5.11. The third kappa shape index (κ3) is 2.56. The van der Waals surface area contributed by atoms with Crippen LogP contribution >= 0.6 is 11.6 Å². The fraction of sp³-hybridized carbons (Fsp3) is 0.235. The van der Waals surface area contributed by atoms with Crippen molar-refractivity contribution in [2.45, 2.75) is 24.1 Å². The Kier molecular flexibility index (Phi) is 3.75. The molecule has 0 bridgehead atoms. The molecule has 0 amide bonds. The van der Waals surface area contributed by atoms with E-state index in [1.165, 1.54) is 0 Å². The molecule has 0 radical (unpaired) electrons. The lowest BCUT2D eigenvalue weighted by molar-refractivity contribution is -0.116. The van der Waals surface area contributed by atoms with E-state index < -0.39 is 5.38 Å². The van der Waals surface area contributed by atoms with Crippen LogP contribution in [0.25, 0.3) is 6.08 Å². The van der Waals surface area contributed by atoms with E-state index in [0.717, 1.165) is 23.3 Å². The second kappa shape index (κ2) is 5.68. The summed E-state index contributed by atoms with van der Waals surface area (Å²) in [7, 11) is 0. The second-order valence-electron chi connectivity index (χ2n) is 4.99. The maximum Gasteiger partial charge on any atom is 0.177 e. The number of carbonyl (C=O) groups excluding carboxylic acids is 1. The Morgan fingerprint density at radius 1 is 1.10 bits per heavy atom. The molecule has 0 saturated heterocycles. The van der Waals surface area contributed by atoms with E-state index in [1.54, 1.807) is 6.26 Å². The molecule has 1 aliphatic carbocycles. The first-order chi connectivity index (χ1) is 9.75. The summed E-state index contributed by atoms with van der Waals surface area (Å²) >= 11 is 6.13. The highest BCUT2D eigenvalue weighted by Crippen LogP contribution is 2.38. The number of halogens is 1. The Bertz CT molecular complexity index is 614. The van der Waals surface area contributed by atoms with Gasteiger partial charge in [-0.2, -0.15) is 0 Å². The Hall–Kier alpha value is -1.80. The van der Waals surface area contributed by atoms with Crippen molar-refractivity contribution in [1.82, 2.24) is 0 Å². The van der Waals surface area contributed by atoms with Gasteiger partial charge in [-0.05, 0) is 36.6 Å². The van der Waals surface area contributed by atoms with Crippen LogP contribution in [0.1, 0.15) is 30.1 Å². The number of benzene rings is 1. The zero-order chi connectivity index (χ0) is 13.9. The van der Waals surface area contributed by atoms with Gasteiger partial charge in [-0.1, -0.05) is 30.3 Å². The van der Waals surface area contributed by atoms with Crippen molar-refractivity contribution in [1.29, 1.82) is 0 Å². The van der Waals surface area contributed by atoms with Crippen LogP contribution in [0.15, 0.2) is 58.7 Å². The molecule has 1 saturated carbocycles. The van der Waals surface area contributed by atoms with Crippen LogP contribution in [0, 0.1) is 0 Å². The van der Waals surface area contributed by atoms with Crippen LogP contribution in [0.5, 0.6) is 0 Å². The molecule has 2 nitrogen and oxygen atoms in total. The van der Waals surface area contributed by atoms with Crippen LogP contribution in [-0.4, -0.2) is 11.2 Å².